The first kappa shape index (κ1) is 16.6. The summed E-state index contributed by atoms with van der Waals surface area (Å²) in [6.45, 7) is 0.999. The van der Waals surface area contributed by atoms with E-state index in [9.17, 15) is 14.4 Å². The largest absolute Gasteiger partial charge is 0.344 e. The Balaban J connectivity index is 1.43. The van der Waals surface area contributed by atoms with Crippen molar-refractivity contribution in [3.8, 4) is 0 Å². The Morgan fingerprint density at radius 2 is 2.19 bits per heavy atom. The van der Waals surface area contributed by atoms with Gasteiger partial charge in [0.05, 0.1) is 18.4 Å². The number of carbonyl (C=O) groups is 3. The van der Waals surface area contributed by atoms with Crippen LogP contribution in [0.15, 0.2) is 18.6 Å². The summed E-state index contributed by atoms with van der Waals surface area (Å²) in [5, 5.41) is 5.92. The highest BCUT2D eigenvalue weighted by molar-refractivity contribution is 7.15. The van der Waals surface area contributed by atoms with E-state index >= 15 is 0 Å². The topological polar surface area (TPSA) is 117 Å². The highest BCUT2D eigenvalue weighted by Crippen LogP contribution is 2.29. The summed E-state index contributed by atoms with van der Waals surface area (Å²) >= 11 is 1.35. The van der Waals surface area contributed by atoms with Crippen LogP contribution < -0.4 is 10.6 Å². The van der Waals surface area contributed by atoms with Gasteiger partial charge < -0.3 is 10.2 Å². The molecule has 2 aromatic heterocycles. The van der Waals surface area contributed by atoms with Gasteiger partial charge in [-0.1, -0.05) is 11.3 Å². The monoisotopic (exact) mass is 372 g/mol. The van der Waals surface area contributed by atoms with Crippen LogP contribution in [0.5, 0.6) is 0 Å². The standard InChI is InChI=1S/C16H16N6O3S/c23-13-2-1-10(19-13)15(25)22-6-3-9-12(8-22)26-16(20-9)21-14(24)11-7-17-4-5-18-11/h4-5,7,10H,1-3,6,8H2,(H,19,23)(H,20,21,24). The first-order valence-electron chi connectivity index (χ1n) is 8.24. The lowest BCUT2D eigenvalue weighted by Crippen LogP contribution is -2.46. The van der Waals surface area contributed by atoms with Gasteiger partial charge >= 0.3 is 0 Å². The van der Waals surface area contributed by atoms with Gasteiger partial charge in [-0.05, 0) is 6.42 Å². The molecular formula is C16H16N6O3S. The molecule has 134 valence electrons. The molecule has 2 N–H and O–H groups in total. The molecule has 1 fully saturated rings. The third-order valence-corrected chi connectivity index (χ3v) is 5.35. The van der Waals surface area contributed by atoms with E-state index in [1.165, 1.54) is 29.9 Å². The summed E-state index contributed by atoms with van der Waals surface area (Å²) in [4.78, 5) is 51.0. The minimum Gasteiger partial charge on any atom is -0.344 e. The Morgan fingerprint density at radius 1 is 1.31 bits per heavy atom. The number of hydrogen-bond donors (Lipinski definition) is 2. The minimum atomic E-state index is -0.423. The summed E-state index contributed by atoms with van der Waals surface area (Å²) in [6, 6.07) is -0.423. The lowest BCUT2D eigenvalue weighted by Gasteiger charge is -2.28. The Hall–Kier alpha value is -2.88. The lowest BCUT2D eigenvalue weighted by molar-refractivity contribution is -0.135. The number of aromatic nitrogens is 3. The molecule has 0 spiro atoms. The van der Waals surface area contributed by atoms with Crippen molar-refractivity contribution in [3.05, 3.63) is 34.9 Å². The van der Waals surface area contributed by atoms with Gasteiger partial charge in [0.1, 0.15) is 11.7 Å². The predicted molar refractivity (Wildman–Crippen MR) is 92.4 cm³/mol. The molecule has 3 amide bonds. The van der Waals surface area contributed by atoms with Gasteiger partial charge in [-0.2, -0.15) is 0 Å². The van der Waals surface area contributed by atoms with Crippen LogP contribution in [-0.4, -0.2) is 50.2 Å². The molecule has 0 saturated carbocycles. The number of hydrogen-bond acceptors (Lipinski definition) is 7. The Kier molecular flexibility index (Phi) is 4.33. The number of anilines is 1. The molecule has 10 heteroatoms. The first-order valence-corrected chi connectivity index (χ1v) is 9.06. The molecule has 2 aromatic rings. The van der Waals surface area contributed by atoms with Gasteiger partial charge in [0.2, 0.25) is 11.8 Å². The van der Waals surface area contributed by atoms with Crippen molar-refractivity contribution in [1.82, 2.24) is 25.2 Å². The van der Waals surface area contributed by atoms with Crippen molar-refractivity contribution >= 4 is 34.2 Å². The average molecular weight is 372 g/mol. The summed E-state index contributed by atoms with van der Waals surface area (Å²) < 4.78 is 0. The zero-order valence-electron chi connectivity index (χ0n) is 13.8. The molecule has 0 bridgehead atoms. The van der Waals surface area contributed by atoms with E-state index in [-0.39, 0.29) is 23.4 Å². The Labute approximate surface area is 152 Å². The van der Waals surface area contributed by atoms with Crippen LogP contribution in [0.25, 0.3) is 0 Å². The van der Waals surface area contributed by atoms with Crippen LogP contribution >= 0.6 is 11.3 Å². The Morgan fingerprint density at radius 3 is 2.92 bits per heavy atom. The maximum Gasteiger partial charge on any atom is 0.277 e. The second kappa shape index (κ2) is 6.79. The molecule has 0 radical (unpaired) electrons. The van der Waals surface area contributed by atoms with E-state index in [2.05, 4.69) is 25.6 Å². The van der Waals surface area contributed by atoms with Crippen LogP contribution in [-0.2, 0) is 22.6 Å². The molecule has 2 aliphatic rings. The highest BCUT2D eigenvalue weighted by Gasteiger charge is 2.33. The molecule has 2 aliphatic heterocycles. The molecule has 1 saturated heterocycles. The number of thiazole rings is 1. The third kappa shape index (κ3) is 3.27. The van der Waals surface area contributed by atoms with Crippen molar-refractivity contribution < 1.29 is 14.4 Å². The number of fused-ring (bicyclic) bond motifs is 1. The predicted octanol–water partition coefficient (Wildman–Crippen LogP) is 0.349. The number of amides is 3. The number of nitrogens with one attached hydrogen (secondary N) is 2. The zero-order chi connectivity index (χ0) is 18.1. The van der Waals surface area contributed by atoms with Crippen molar-refractivity contribution in [2.75, 3.05) is 11.9 Å². The summed E-state index contributed by atoms with van der Waals surface area (Å²) in [6.07, 6.45) is 5.90. The van der Waals surface area contributed by atoms with E-state index in [0.29, 0.717) is 37.5 Å². The summed E-state index contributed by atoms with van der Waals surface area (Å²) in [5.74, 6) is -0.501. The van der Waals surface area contributed by atoms with Crippen molar-refractivity contribution in [2.45, 2.75) is 31.8 Å². The van der Waals surface area contributed by atoms with Crippen LogP contribution in [0, 0.1) is 0 Å². The fourth-order valence-corrected chi connectivity index (χ4v) is 4.05. The van der Waals surface area contributed by atoms with E-state index in [1.54, 1.807) is 4.90 Å². The third-order valence-electron chi connectivity index (χ3n) is 4.35. The number of carbonyl (C=O) groups excluding carboxylic acids is 3. The molecule has 4 heterocycles. The smallest absolute Gasteiger partial charge is 0.277 e. The molecular weight excluding hydrogens is 356 g/mol. The van der Waals surface area contributed by atoms with Crippen LogP contribution in [0.4, 0.5) is 5.13 Å². The average Bonchev–Trinajstić information content (AvgIpc) is 3.26. The lowest BCUT2D eigenvalue weighted by atomic mass is 10.1. The maximum atomic E-state index is 12.5. The van der Waals surface area contributed by atoms with E-state index in [1.807, 2.05) is 0 Å². The number of nitrogens with zero attached hydrogens (tertiary/aromatic N) is 4. The molecule has 1 atom stereocenters. The van der Waals surface area contributed by atoms with Gasteiger partial charge in [0, 0.05) is 36.7 Å². The van der Waals surface area contributed by atoms with Crippen LogP contribution in [0.3, 0.4) is 0 Å². The maximum absolute atomic E-state index is 12.5. The van der Waals surface area contributed by atoms with Gasteiger partial charge in [-0.3, -0.25) is 24.7 Å². The first-order chi connectivity index (χ1) is 12.6. The summed E-state index contributed by atoms with van der Waals surface area (Å²) in [5.41, 5.74) is 1.11. The number of rotatable bonds is 3. The quantitative estimate of drug-likeness (QED) is 0.803. The molecule has 0 aromatic carbocycles. The second-order valence-electron chi connectivity index (χ2n) is 6.10. The van der Waals surface area contributed by atoms with Crippen molar-refractivity contribution in [2.24, 2.45) is 0 Å². The Bertz CT molecular complexity index is 868. The van der Waals surface area contributed by atoms with Crippen molar-refractivity contribution in [3.63, 3.8) is 0 Å². The highest BCUT2D eigenvalue weighted by atomic mass is 32.1. The fraction of sp³-hybridized carbons (Fsp3) is 0.375. The van der Waals surface area contributed by atoms with E-state index in [0.717, 1.165) is 10.6 Å². The second-order valence-corrected chi connectivity index (χ2v) is 7.19. The van der Waals surface area contributed by atoms with Gasteiger partial charge in [-0.15, -0.1) is 0 Å². The minimum absolute atomic E-state index is 0.0555. The normalized spacial score (nSPS) is 19.0. The molecule has 26 heavy (non-hydrogen) atoms. The van der Waals surface area contributed by atoms with E-state index in [4.69, 9.17) is 0 Å². The fourth-order valence-electron chi connectivity index (χ4n) is 3.03. The van der Waals surface area contributed by atoms with Gasteiger partial charge in [-0.25, -0.2) is 9.97 Å². The molecule has 0 aliphatic carbocycles. The zero-order valence-corrected chi connectivity index (χ0v) is 14.6. The summed E-state index contributed by atoms with van der Waals surface area (Å²) in [7, 11) is 0. The molecule has 4 rings (SSSR count). The molecule has 1 unspecified atom stereocenters. The van der Waals surface area contributed by atoms with Crippen LogP contribution in [0.2, 0.25) is 0 Å². The van der Waals surface area contributed by atoms with Gasteiger partial charge in [0.25, 0.3) is 5.91 Å². The van der Waals surface area contributed by atoms with E-state index < -0.39 is 6.04 Å². The molecule has 9 nitrogen and oxygen atoms in total. The van der Waals surface area contributed by atoms with Crippen molar-refractivity contribution in [1.29, 1.82) is 0 Å². The van der Waals surface area contributed by atoms with Crippen LogP contribution in [0.1, 0.15) is 33.9 Å². The SMILES string of the molecule is O=C1CCC(C(=O)N2CCc3nc(NC(=O)c4cnccn4)sc3C2)N1. The van der Waals surface area contributed by atoms with Gasteiger partial charge in [0.15, 0.2) is 5.13 Å².